The third-order valence-corrected chi connectivity index (χ3v) is 5.18. The Morgan fingerprint density at radius 2 is 1.71 bits per heavy atom. The van der Waals surface area contributed by atoms with E-state index in [9.17, 15) is 10.1 Å². The Morgan fingerprint density at radius 1 is 1.04 bits per heavy atom. The second-order valence-electron chi connectivity index (χ2n) is 6.89. The minimum absolute atomic E-state index is 0.0549. The van der Waals surface area contributed by atoms with Crippen LogP contribution in [0, 0.1) is 17.0 Å². The zero-order valence-corrected chi connectivity index (χ0v) is 16.0. The van der Waals surface area contributed by atoms with Crippen LogP contribution in [0.1, 0.15) is 5.69 Å². The third-order valence-electron chi connectivity index (χ3n) is 5.18. The highest BCUT2D eigenvalue weighted by molar-refractivity contribution is 5.97. The first-order valence-corrected chi connectivity index (χ1v) is 9.25. The van der Waals surface area contributed by atoms with Crippen molar-refractivity contribution < 1.29 is 9.66 Å². The first kappa shape index (κ1) is 18.0. The number of hydrogen-bond acceptors (Lipinski definition) is 6. The predicted molar refractivity (Wildman–Crippen MR) is 111 cm³/mol. The highest BCUT2D eigenvalue weighted by Crippen LogP contribution is 2.33. The molecule has 0 N–H and O–H groups in total. The number of aromatic nitrogens is 1. The van der Waals surface area contributed by atoms with Crippen LogP contribution in [-0.2, 0) is 0 Å². The molecule has 1 aliphatic heterocycles. The van der Waals surface area contributed by atoms with Crippen LogP contribution in [0.2, 0.25) is 0 Å². The largest absolute Gasteiger partial charge is 0.497 e. The fourth-order valence-corrected chi connectivity index (χ4v) is 3.75. The lowest BCUT2D eigenvalue weighted by molar-refractivity contribution is -0.383. The summed E-state index contributed by atoms with van der Waals surface area (Å²) < 4.78 is 5.23. The average molecular weight is 378 g/mol. The van der Waals surface area contributed by atoms with E-state index in [1.165, 1.54) is 11.8 Å². The molecule has 1 aromatic heterocycles. The minimum Gasteiger partial charge on any atom is -0.497 e. The van der Waals surface area contributed by atoms with Gasteiger partial charge < -0.3 is 14.5 Å². The van der Waals surface area contributed by atoms with Crippen LogP contribution in [0.5, 0.6) is 5.75 Å². The lowest BCUT2D eigenvalue weighted by Crippen LogP contribution is -2.46. The molecule has 0 unspecified atom stereocenters. The van der Waals surface area contributed by atoms with E-state index in [2.05, 4.69) is 26.9 Å². The van der Waals surface area contributed by atoms with Crippen LogP contribution in [-0.4, -0.2) is 43.2 Å². The summed E-state index contributed by atoms with van der Waals surface area (Å²) in [6.45, 7) is 5.32. The Bertz CT molecular complexity index is 1010. The third kappa shape index (κ3) is 3.31. The molecule has 3 aromatic rings. The van der Waals surface area contributed by atoms with Crippen molar-refractivity contribution in [2.45, 2.75) is 6.92 Å². The Hall–Kier alpha value is -3.35. The van der Waals surface area contributed by atoms with E-state index < -0.39 is 0 Å². The molecule has 0 radical (unpaired) electrons. The van der Waals surface area contributed by atoms with Gasteiger partial charge in [-0.2, -0.15) is 0 Å². The number of pyridine rings is 1. The zero-order valence-electron chi connectivity index (χ0n) is 16.0. The lowest BCUT2D eigenvalue weighted by Gasteiger charge is -2.38. The standard InChI is InChI=1S/C21H22N4O3/c1-15-14-20(18-4-3-5-19(25(26)27)21(18)22-15)24-12-10-23(11-13-24)16-6-8-17(28-2)9-7-16/h3-9,14H,10-13H2,1-2H3. The molecular weight excluding hydrogens is 356 g/mol. The SMILES string of the molecule is COc1ccc(N2CCN(c3cc(C)nc4c([N+](=O)[O-])cccc34)CC2)cc1. The molecule has 0 atom stereocenters. The Kier molecular flexibility index (Phi) is 4.73. The summed E-state index contributed by atoms with van der Waals surface area (Å²) >= 11 is 0. The van der Waals surface area contributed by atoms with E-state index >= 15 is 0 Å². The molecule has 7 nitrogen and oxygen atoms in total. The number of nitro groups is 1. The van der Waals surface area contributed by atoms with E-state index in [1.54, 1.807) is 13.2 Å². The molecule has 4 rings (SSSR count). The van der Waals surface area contributed by atoms with Crippen molar-refractivity contribution in [3.63, 3.8) is 0 Å². The van der Waals surface area contributed by atoms with Crippen molar-refractivity contribution in [3.8, 4) is 5.75 Å². The molecule has 2 aromatic carbocycles. The van der Waals surface area contributed by atoms with Crippen molar-refractivity contribution in [2.75, 3.05) is 43.1 Å². The summed E-state index contributed by atoms with van der Waals surface area (Å²) in [6.07, 6.45) is 0. The van der Waals surface area contributed by atoms with E-state index in [0.717, 1.165) is 48.7 Å². The van der Waals surface area contributed by atoms with Gasteiger partial charge in [0.15, 0.2) is 5.52 Å². The van der Waals surface area contributed by atoms with Crippen molar-refractivity contribution in [1.29, 1.82) is 0 Å². The number of rotatable bonds is 4. The first-order chi connectivity index (χ1) is 13.6. The maximum atomic E-state index is 11.4. The van der Waals surface area contributed by atoms with Crippen LogP contribution >= 0.6 is 0 Å². The van der Waals surface area contributed by atoms with E-state index in [0.29, 0.717) is 5.52 Å². The van der Waals surface area contributed by atoms with Crippen LogP contribution in [0.15, 0.2) is 48.5 Å². The fourth-order valence-electron chi connectivity index (χ4n) is 3.75. The van der Waals surface area contributed by atoms with Crippen LogP contribution in [0.3, 0.4) is 0 Å². The summed E-state index contributed by atoms with van der Waals surface area (Å²) in [7, 11) is 1.67. The Labute approximate surface area is 163 Å². The van der Waals surface area contributed by atoms with Gasteiger partial charge in [0.1, 0.15) is 5.75 Å². The molecule has 0 spiro atoms. The number of benzene rings is 2. The summed E-state index contributed by atoms with van der Waals surface area (Å²) in [5.41, 5.74) is 3.49. The van der Waals surface area contributed by atoms with Crippen LogP contribution in [0.25, 0.3) is 10.9 Å². The van der Waals surface area contributed by atoms with Crippen LogP contribution in [0.4, 0.5) is 17.1 Å². The number of methoxy groups -OCH3 is 1. The topological polar surface area (TPSA) is 71.7 Å². The smallest absolute Gasteiger partial charge is 0.295 e. The van der Waals surface area contributed by atoms with Gasteiger partial charge in [0.25, 0.3) is 5.69 Å². The van der Waals surface area contributed by atoms with Crippen molar-refractivity contribution in [2.24, 2.45) is 0 Å². The molecule has 2 heterocycles. The first-order valence-electron chi connectivity index (χ1n) is 9.25. The van der Waals surface area contributed by atoms with E-state index in [4.69, 9.17) is 4.74 Å². The number of para-hydroxylation sites is 1. The van der Waals surface area contributed by atoms with Gasteiger partial charge >= 0.3 is 0 Å². The molecule has 7 heteroatoms. The number of hydrogen-bond donors (Lipinski definition) is 0. The van der Waals surface area contributed by atoms with Gasteiger partial charge in [-0.15, -0.1) is 0 Å². The monoisotopic (exact) mass is 378 g/mol. The fraction of sp³-hybridized carbons (Fsp3) is 0.286. The zero-order chi connectivity index (χ0) is 19.7. The predicted octanol–water partition coefficient (Wildman–Crippen LogP) is 3.79. The highest BCUT2D eigenvalue weighted by atomic mass is 16.6. The van der Waals surface area contributed by atoms with Gasteiger partial charge in [0.05, 0.1) is 12.0 Å². The van der Waals surface area contributed by atoms with Crippen molar-refractivity contribution in [3.05, 3.63) is 64.3 Å². The van der Waals surface area contributed by atoms with Gasteiger partial charge in [-0.3, -0.25) is 10.1 Å². The highest BCUT2D eigenvalue weighted by Gasteiger charge is 2.22. The summed E-state index contributed by atoms with van der Waals surface area (Å²) in [6, 6.07) is 15.3. The van der Waals surface area contributed by atoms with E-state index in [-0.39, 0.29) is 10.6 Å². The van der Waals surface area contributed by atoms with E-state index in [1.807, 2.05) is 31.2 Å². The number of ether oxygens (including phenoxy) is 1. The molecule has 1 aliphatic rings. The molecular formula is C21H22N4O3. The molecule has 0 saturated carbocycles. The Morgan fingerprint density at radius 3 is 2.36 bits per heavy atom. The Balaban J connectivity index is 1.60. The normalized spacial score (nSPS) is 14.4. The van der Waals surface area contributed by atoms with Crippen molar-refractivity contribution in [1.82, 2.24) is 4.98 Å². The van der Waals surface area contributed by atoms with Gasteiger partial charge in [0.2, 0.25) is 0 Å². The lowest BCUT2D eigenvalue weighted by atomic mass is 10.1. The summed E-state index contributed by atoms with van der Waals surface area (Å²) in [4.78, 5) is 20.1. The second kappa shape index (κ2) is 7.34. The maximum Gasteiger partial charge on any atom is 0.295 e. The van der Waals surface area contributed by atoms with Gasteiger partial charge in [0, 0.05) is 54.7 Å². The number of piperazine rings is 1. The molecule has 0 aliphatic carbocycles. The molecule has 28 heavy (non-hydrogen) atoms. The quantitative estimate of drug-likeness (QED) is 0.508. The number of aryl methyl sites for hydroxylation is 1. The molecule has 0 bridgehead atoms. The van der Waals surface area contributed by atoms with Crippen molar-refractivity contribution >= 4 is 28.0 Å². The molecule has 1 fully saturated rings. The molecule has 0 amide bonds. The molecule has 144 valence electrons. The minimum atomic E-state index is -0.361. The number of non-ortho nitro benzene ring substituents is 1. The number of anilines is 2. The number of nitrogens with zero attached hydrogens (tertiary/aromatic N) is 4. The average Bonchev–Trinajstić information content (AvgIpc) is 2.73. The van der Waals surface area contributed by atoms with Gasteiger partial charge in [-0.05, 0) is 37.3 Å². The maximum absolute atomic E-state index is 11.4. The number of fused-ring (bicyclic) bond motifs is 1. The second-order valence-corrected chi connectivity index (χ2v) is 6.89. The summed E-state index contributed by atoms with van der Waals surface area (Å²) in [5, 5.41) is 12.2. The van der Waals surface area contributed by atoms with Crippen LogP contribution < -0.4 is 14.5 Å². The molecule has 1 saturated heterocycles. The summed E-state index contributed by atoms with van der Waals surface area (Å²) in [5.74, 6) is 0.850. The number of nitro benzene ring substituents is 1. The van der Waals surface area contributed by atoms with Gasteiger partial charge in [-0.1, -0.05) is 12.1 Å². The van der Waals surface area contributed by atoms with Gasteiger partial charge in [-0.25, -0.2) is 4.98 Å².